The van der Waals surface area contributed by atoms with E-state index in [-0.39, 0.29) is 5.76 Å². The van der Waals surface area contributed by atoms with E-state index in [4.69, 9.17) is 4.42 Å². The molecule has 2 aromatic heterocycles. The van der Waals surface area contributed by atoms with Gasteiger partial charge in [0, 0.05) is 32.5 Å². The molecule has 108 valence electrons. The van der Waals surface area contributed by atoms with E-state index in [0.29, 0.717) is 18.7 Å². The minimum Gasteiger partial charge on any atom is -0.408 e. The summed E-state index contributed by atoms with van der Waals surface area (Å²) in [6.07, 6.45) is 3.37. The fourth-order valence-corrected chi connectivity index (χ4v) is 2.22. The minimum absolute atomic E-state index is 0.342. The van der Waals surface area contributed by atoms with Crippen LogP contribution < -0.4 is 11.1 Å². The first-order chi connectivity index (χ1) is 10.1. The van der Waals surface area contributed by atoms with Gasteiger partial charge >= 0.3 is 5.76 Å². The first-order valence-corrected chi connectivity index (χ1v) is 6.71. The molecule has 0 aliphatic carbocycles. The number of fused-ring (bicyclic) bond motifs is 1. The van der Waals surface area contributed by atoms with Gasteiger partial charge in [-0.3, -0.25) is 14.5 Å². The van der Waals surface area contributed by atoms with E-state index in [2.05, 4.69) is 15.3 Å². The van der Waals surface area contributed by atoms with Crippen LogP contribution in [0.2, 0.25) is 0 Å². The number of benzene rings is 1. The minimum atomic E-state index is -0.342. The lowest BCUT2D eigenvalue weighted by Crippen LogP contribution is -2.15. The quantitative estimate of drug-likeness (QED) is 0.786. The van der Waals surface area contributed by atoms with Gasteiger partial charge in [-0.2, -0.15) is 0 Å². The van der Waals surface area contributed by atoms with Crippen LogP contribution >= 0.6 is 0 Å². The Bertz CT molecular complexity index is 835. The number of aromatic nitrogens is 3. The molecule has 6 nitrogen and oxygen atoms in total. The van der Waals surface area contributed by atoms with Crippen LogP contribution in [0.3, 0.4) is 0 Å². The van der Waals surface area contributed by atoms with E-state index in [0.717, 1.165) is 22.5 Å². The monoisotopic (exact) mass is 284 g/mol. The van der Waals surface area contributed by atoms with Gasteiger partial charge in [-0.25, -0.2) is 4.79 Å². The summed E-state index contributed by atoms with van der Waals surface area (Å²) in [5, 5.41) is 3.32. The SMILES string of the molecule is Cc1nccnc1CNCc1ccc2c(c1)oc(=O)n2C. The molecule has 0 atom stereocenters. The van der Waals surface area contributed by atoms with Crippen LogP contribution in [0.15, 0.2) is 39.8 Å². The standard InChI is InChI=1S/C15H16N4O2/c1-10-12(18-6-5-17-10)9-16-8-11-3-4-13-14(7-11)21-15(20)19(13)2/h3-7,16H,8-9H2,1-2H3. The fraction of sp³-hybridized carbons (Fsp3) is 0.267. The molecule has 3 aromatic rings. The first-order valence-electron chi connectivity index (χ1n) is 6.71. The molecule has 0 aliphatic rings. The van der Waals surface area contributed by atoms with Crippen molar-refractivity contribution in [2.75, 3.05) is 0 Å². The average molecular weight is 284 g/mol. The number of nitrogens with one attached hydrogen (secondary N) is 1. The van der Waals surface area contributed by atoms with Crippen molar-refractivity contribution in [3.8, 4) is 0 Å². The Morgan fingerprint density at radius 1 is 1.24 bits per heavy atom. The largest absolute Gasteiger partial charge is 0.419 e. The van der Waals surface area contributed by atoms with Gasteiger partial charge in [-0.05, 0) is 24.6 Å². The van der Waals surface area contributed by atoms with Gasteiger partial charge in [0.15, 0.2) is 5.58 Å². The topological polar surface area (TPSA) is 73.0 Å². The third-order valence-electron chi connectivity index (χ3n) is 3.46. The number of oxazole rings is 1. The van der Waals surface area contributed by atoms with E-state index in [1.54, 1.807) is 19.4 Å². The zero-order valence-corrected chi connectivity index (χ0v) is 12.0. The van der Waals surface area contributed by atoms with Gasteiger partial charge in [0.2, 0.25) is 0 Å². The zero-order valence-electron chi connectivity index (χ0n) is 12.0. The summed E-state index contributed by atoms with van der Waals surface area (Å²) in [5.41, 5.74) is 4.32. The van der Waals surface area contributed by atoms with E-state index < -0.39 is 0 Å². The number of rotatable bonds is 4. The van der Waals surface area contributed by atoms with Crippen LogP contribution in [0, 0.1) is 6.92 Å². The summed E-state index contributed by atoms with van der Waals surface area (Å²) >= 11 is 0. The Kier molecular flexibility index (Phi) is 3.53. The number of hydrogen-bond donors (Lipinski definition) is 1. The Balaban J connectivity index is 1.71. The Labute approximate surface area is 121 Å². The molecule has 0 fully saturated rings. The molecule has 0 saturated carbocycles. The number of nitrogens with zero attached hydrogens (tertiary/aromatic N) is 3. The lowest BCUT2D eigenvalue weighted by molar-refractivity contribution is 0.527. The summed E-state index contributed by atoms with van der Waals surface area (Å²) in [5.74, 6) is -0.342. The van der Waals surface area contributed by atoms with Crippen LogP contribution in [0.4, 0.5) is 0 Å². The lowest BCUT2D eigenvalue weighted by Gasteiger charge is -2.06. The van der Waals surface area contributed by atoms with E-state index in [1.807, 2.05) is 25.1 Å². The molecular formula is C15H16N4O2. The van der Waals surface area contributed by atoms with Crippen molar-refractivity contribution in [3.63, 3.8) is 0 Å². The Morgan fingerprint density at radius 2 is 2.05 bits per heavy atom. The maximum atomic E-state index is 11.5. The Morgan fingerprint density at radius 3 is 2.86 bits per heavy atom. The maximum Gasteiger partial charge on any atom is 0.419 e. The van der Waals surface area contributed by atoms with Gasteiger partial charge in [0.05, 0.1) is 16.9 Å². The summed E-state index contributed by atoms with van der Waals surface area (Å²) < 4.78 is 6.68. The van der Waals surface area contributed by atoms with Crippen molar-refractivity contribution in [2.45, 2.75) is 20.0 Å². The van der Waals surface area contributed by atoms with Crippen molar-refractivity contribution in [1.29, 1.82) is 0 Å². The van der Waals surface area contributed by atoms with Gasteiger partial charge in [0.1, 0.15) is 0 Å². The molecule has 0 saturated heterocycles. The second-order valence-corrected chi connectivity index (χ2v) is 4.92. The van der Waals surface area contributed by atoms with Crippen molar-refractivity contribution in [2.24, 2.45) is 7.05 Å². The van der Waals surface area contributed by atoms with Crippen molar-refractivity contribution >= 4 is 11.1 Å². The molecule has 1 N–H and O–H groups in total. The molecule has 6 heteroatoms. The summed E-state index contributed by atoms with van der Waals surface area (Å²) in [7, 11) is 1.70. The molecule has 0 radical (unpaired) electrons. The second kappa shape index (κ2) is 5.49. The van der Waals surface area contributed by atoms with Crippen LogP contribution in [0.1, 0.15) is 17.0 Å². The molecular weight excluding hydrogens is 268 g/mol. The van der Waals surface area contributed by atoms with Gasteiger partial charge < -0.3 is 9.73 Å². The Hall–Kier alpha value is -2.47. The van der Waals surface area contributed by atoms with Crippen molar-refractivity contribution in [1.82, 2.24) is 19.9 Å². The average Bonchev–Trinajstić information content (AvgIpc) is 2.76. The summed E-state index contributed by atoms with van der Waals surface area (Å²) in [4.78, 5) is 19.9. The first kappa shape index (κ1) is 13.5. The predicted molar refractivity (Wildman–Crippen MR) is 78.8 cm³/mol. The zero-order chi connectivity index (χ0) is 14.8. The van der Waals surface area contributed by atoms with Crippen LogP contribution in [0.25, 0.3) is 11.1 Å². The molecule has 0 unspecified atom stereocenters. The van der Waals surface area contributed by atoms with Crippen molar-refractivity contribution < 1.29 is 4.42 Å². The van der Waals surface area contributed by atoms with E-state index in [1.165, 1.54) is 4.57 Å². The van der Waals surface area contributed by atoms with Crippen LogP contribution in [-0.2, 0) is 20.1 Å². The lowest BCUT2D eigenvalue weighted by atomic mass is 10.2. The highest BCUT2D eigenvalue weighted by Crippen LogP contribution is 2.14. The molecule has 0 spiro atoms. The van der Waals surface area contributed by atoms with Gasteiger partial charge in [0.25, 0.3) is 0 Å². The third kappa shape index (κ3) is 2.71. The van der Waals surface area contributed by atoms with Crippen molar-refractivity contribution in [3.05, 3.63) is 58.1 Å². The summed E-state index contributed by atoms with van der Waals surface area (Å²) in [6.45, 7) is 3.26. The second-order valence-electron chi connectivity index (χ2n) is 4.92. The molecule has 0 amide bonds. The molecule has 2 heterocycles. The normalized spacial score (nSPS) is 11.1. The highest BCUT2D eigenvalue weighted by Gasteiger charge is 2.06. The maximum absolute atomic E-state index is 11.5. The van der Waals surface area contributed by atoms with Gasteiger partial charge in [-0.15, -0.1) is 0 Å². The molecule has 0 aliphatic heterocycles. The molecule has 3 rings (SSSR count). The summed E-state index contributed by atoms with van der Waals surface area (Å²) in [6, 6.07) is 5.76. The predicted octanol–water partition coefficient (Wildman–Crippen LogP) is 1.52. The third-order valence-corrected chi connectivity index (χ3v) is 3.46. The van der Waals surface area contributed by atoms with E-state index >= 15 is 0 Å². The fourth-order valence-electron chi connectivity index (χ4n) is 2.22. The molecule has 0 bridgehead atoms. The highest BCUT2D eigenvalue weighted by molar-refractivity contribution is 5.73. The highest BCUT2D eigenvalue weighted by atomic mass is 16.4. The molecule has 21 heavy (non-hydrogen) atoms. The number of aryl methyl sites for hydroxylation is 2. The number of hydrogen-bond acceptors (Lipinski definition) is 5. The van der Waals surface area contributed by atoms with Gasteiger partial charge in [-0.1, -0.05) is 6.07 Å². The van der Waals surface area contributed by atoms with Crippen LogP contribution in [-0.4, -0.2) is 14.5 Å². The van der Waals surface area contributed by atoms with E-state index in [9.17, 15) is 4.79 Å². The van der Waals surface area contributed by atoms with Crippen LogP contribution in [0.5, 0.6) is 0 Å². The smallest absolute Gasteiger partial charge is 0.408 e. The molecule has 1 aromatic carbocycles.